The second-order valence-electron chi connectivity index (χ2n) is 7.02. The molecule has 1 aliphatic heterocycles. The van der Waals surface area contributed by atoms with Gasteiger partial charge in [-0.2, -0.15) is 0 Å². The lowest BCUT2D eigenvalue weighted by Crippen LogP contribution is -2.41. The summed E-state index contributed by atoms with van der Waals surface area (Å²) in [7, 11) is 0. The van der Waals surface area contributed by atoms with Crippen molar-refractivity contribution in [1.82, 2.24) is 15.1 Å². The van der Waals surface area contributed by atoms with Gasteiger partial charge in [0.25, 0.3) is 5.91 Å². The number of nitrogens with one attached hydrogen (secondary N) is 1. The van der Waals surface area contributed by atoms with Crippen molar-refractivity contribution in [2.24, 2.45) is 5.92 Å². The molecule has 1 aromatic heterocycles. The Morgan fingerprint density at radius 2 is 1.89 bits per heavy atom. The number of halogens is 1. The van der Waals surface area contributed by atoms with E-state index < -0.39 is 0 Å². The summed E-state index contributed by atoms with van der Waals surface area (Å²) in [4.78, 5) is 26.7. The van der Waals surface area contributed by atoms with E-state index in [1.807, 2.05) is 0 Å². The fraction of sp³-hybridized carbons (Fsp3) is 0.500. The standard InChI is InChI=1S/C20H25FN4O2S/c1-2-3-4-5-17-23-24-20(28-17)22-18(26)14-10-12-25(13-11-14)19(27)15-6-8-16(21)9-7-15/h6-9,14H,2-5,10-13H2,1H3,(H,22,24,26). The Morgan fingerprint density at radius 3 is 2.57 bits per heavy atom. The first kappa shape index (κ1) is 20.4. The summed E-state index contributed by atoms with van der Waals surface area (Å²) in [5.74, 6) is -0.702. The van der Waals surface area contributed by atoms with E-state index in [1.165, 1.54) is 35.6 Å². The van der Waals surface area contributed by atoms with Crippen LogP contribution in [0, 0.1) is 11.7 Å². The summed E-state index contributed by atoms with van der Waals surface area (Å²) in [6, 6.07) is 5.55. The van der Waals surface area contributed by atoms with Gasteiger partial charge in [-0.15, -0.1) is 10.2 Å². The maximum absolute atomic E-state index is 13.0. The minimum Gasteiger partial charge on any atom is -0.339 e. The number of aryl methyl sites for hydroxylation is 1. The van der Waals surface area contributed by atoms with Crippen LogP contribution in [0.2, 0.25) is 0 Å². The number of carbonyl (C=O) groups is 2. The number of amides is 2. The molecule has 8 heteroatoms. The van der Waals surface area contributed by atoms with Gasteiger partial charge >= 0.3 is 0 Å². The number of anilines is 1. The van der Waals surface area contributed by atoms with E-state index in [4.69, 9.17) is 0 Å². The average Bonchev–Trinajstić information content (AvgIpc) is 3.15. The summed E-state index contributed by atoms with van der Waals surface area (Å²) in [5.41, 5.74) is 0.466. The number of unbranched alkanes of at least 4 members (excludes halogenated alkanes) is 2. The Hall–Kier alpha value is -2.35. The zero-order valence-corrected chi connectivity index (χ0v) is 16.8. The molecule has 0 atom stereocenters. The molecule has 2 heterocycles. The highest BCUT2D eigenvalue weighted by molar-refractivity contribution is 7.15. The van der Waals surface area contributed by atoms with Crippen molar-refractivity contribution in [3.05, 3.63) is 40.7 Å². The van der Waals surface area contributed by atoms with Crippen LogP contribution in [-0.4, -0.2) is 40.0 Å². The molecule has 0 spiro atoms. The molecule has 1 saturated heterocycles. The normalized spacial score (nSPS) is 14.9. The van der Waals surface area contributed by atoms with Gasteiger partial charge in [0, 0.05) is 31.0 Å². The Kier molecular flexibility index (Phi) is 7.08. The van der Waals surface area contributed by atoms with Gasteiger partial charge in [0.1, 0.15) is 10.8 Å². The highest BCUT2D eigenvalue weighted by Gasteiger charge is 2.28. The number of carbonyl (C=O) groups excluding carboxylic acids is 2. The van der Waals surface area contributed by atoms with E-state index in [1.54, 1.807) is 4.90 Å². The van der Waals surface area contributed by atoms with Gasteiger partial charge in [-0.3, -0.25) is 9.59 Å². The second-order valence-corrected chi connectivity index (χ2v) is 8.08. The molecule has 1 aromatic carbocycles. The first-order valence-corrected chi connectivity index (χ1v) is 10.6. The van der Waals surface area contributed by atoms with E-state index in [0.29, 0.717) is 36.6 Å². The van der Waals surface area contributed by atoms with E-state index in [9.17, 15) is 14.0 Å². The van der Waals surface area contributed by atoms with Gasteiger partial charge in [0.05, 0.1) is 0 Å². The molecule has 0 bridgehead atoms. The van der Waals surface area contributed by atoms with Gasteiger partial charge in [-0.05, 0) is 43.5 Å². The minimum absolute atomic E-state index is 0.0647. The number of hydrogen-bond acceptors (Lipinski definition) is 5. The van der Waals surface area contributed by atoms with Crippen LogP contribution < -0.4 is 5.32 Å². The Morgan fingerprint density at radius 1 is 1.18 bits per heavy atom. The topological polar surface area (TPSA) is 75.2 Å². The van der Waals surface area contributed by atoms with E-state index in [0.717, 1.165) is 30.7 Å². The smallest absolute Gasteiger partial charge is 0.253 e. The lowest BCUT2D eigenvalue weighted by atomic mass is 9.95. The molecular weight excluding hydrogens is 379 g/mol. The van der Waals surface area contributed by atoms with Crippen molar-refractivity contribution in [2.75, 3.05) is 18.4 Å². The first-order valence-electron chi connectivity index (χ1n) is 9.75. The summed E-state index contributed by atoms with van der Waals surface area (Å²) < 4.78 is 13.0. The van der Waals surface area contributed by atoms with Crippen molar-refractivity contribution >= 4 is 28.3 Å². The van der Waals surface area contributed by atoms with Gasteiger partial charge in [-0.25, -0.2) is 4.39 Å². The third-order valence-electron chi connectivity index (χ3n) is 4.94. The summed E-state index contributed by atoms with van der Waals surface area (Å²) in [6.07, 6.45) is 5.49. The number of benzene rings is 1. The molecule has 150 valence electrons. The third-order valence-corrected chi connectivity index (χ3v) is 5.83. The molecule has 6 nitrogen and oxygen atoms in total. The second kappa shape index (κ2) is 9.73. The van der Waals surface area contributed by atoms with Crippen LogP contribution in [0.4, 0.5) is 9.52 Å². The summed E-state index contributed by atoms with van der Waals surface area (Å²) >= 11 is 1.43. The van der Waals surface area contributed by atoms with E-state index >= 15 is 0 Å². The van der Waals surface area contributed by atoms with Crippen LogP contribution in [0.1, 0.15) is 54.4 Å². The third kappa shape index (κ3) is 5.34. The zero-order valence-electron chi connectivity index (χ0n) is 16.0. The number of piperidine rings is 1. The van der Waals surface area contributed by atoms with Crippen molar-refractivity contribution in [1.29, 1.82) is 0 Å². The maximum Gasteiger partial charge on any atom is 0.253 e. The van der Waals surface area contributed by atoms with Crippen molar-refractivity contribution in [2.45, 2.75) is 45.4 Å². The molecule has 0 unspecified atom stereocenters. The van der Waals surface area contributed by atoms with Gasteiger partial charge in [0.2, 0.25) is 11.0 Å². The molecule has 2 aromatic rings. The highest BCUT2D eigenvalue weighted by atomic mass is 32.1. The van der Waals surface area contributed by atoms with Crippen molar-refractivity contribution < 1.29 is 14.0 Å². The van der Waals surface area contributed by atoms with Gasteiger partial charge < -0.3 is 10.2 Å². The van der Waals surface area contributed by atoms with Crippen LogP contribution in [0.15, 0.2) is 24.3 Å². The van der Waals surface area contributed by atoms with Crippen molar-refractivity contribution in [3.8, 4) is 0 Å². The fourth-order valence-corrected chi connectivity index (χ4v) is 4.04. The van der Waals surface area contributed by atoms with E-state index in [-0.39, 0.29) is 23.5 Å². The molecule has 1 N–H and O–H groups in total. The molecule has 0 saturated carbocycles. The van der Waals surface area contributed by atoms with Crippen molar-refractivity contribution in [3.63, 3.8) is 0 Å². The molecule has 3 rings (SSSR count). The number of rotatable bonds is 7. The van der Waals surface area contributed by atoms with Gasteiger partial charge in [-0.1, -0.05) is 31.1 Å². The minimum atomic E-state index is -0.364. The number of hydrogen-bond donors (Lipinski definition) is 1. The quantitative estimate of drug-likeness (QED) is 0.710. The van der Waals surface area contributed by atoms with Crippen LogP contribution in [-0.2, 0) is 11.2 Å². The van der Waals surface area contributed by atoms with Crippen LogP contribution in [0.3, 0.4) is 0 Å². The Balaban J connectivity index is 1.47. The Labute approximate surface area is 168 Å². The number of nitrogens with zero attached hydrogens (tertiary/aromatic N) is 3. The van der Waals surface area contributed by atoms with E-state index in [2.05, 4.69) is 22.4 Å². The molecule has 0 aliphatic carbocycles. The molecule has 2 amide bonds. The predicted octanol–water partition coefficient (Wildman–Crippen LogP) is 3.90. The lowest BCUT2D eigenvalue weighted by Gasteiger charge is -2.31. The molecule has 1 fully saturated rings. The Bertz CT molecular complexity index is 801. The molecule has 28 heavy (non-hydrogen) atoms. The monoisotopic (exact) mass is 404 g/mol. The number of likely N-dealkylation sites (tertiary alicyclic amines) is 1. The summed E-state index contributed by atoms with van der Waals surface area (Å²) in [6.45, 7) is 3.17. The zero-order chi connectivity index (χ0) is 19.9. The SMILES string of the molecule is CCCCCc1nnc(NC(=O)C2CCN(C(=O)c3ccc(F)cc3)CC2)s1. The van der Waals surface area contributed by atoms with Crippen LogP contribution >= 0.6 is 11.3 Å². The number of aromatic nitrogens is 2. The lowest BCUT2D eigenvalue weighted by molar-refractivity contribution is -0.121. The fourth-order valence-electron chi connectivity index (χ4n) is 3.26. The molecule has 1 aliphatic rings. The van der Waals surface area contributed by atoms with Crippen LogP contribution in [0.5, 0.6) is 0 Å². The average molecular weight is 405 g/mol. The molecule has 0 radical (unpaired) electrons. The molecular formula is C20H25FN4O2S. The predicted molar refractivity (Wildman–Crippen MR) is 107 cm³/mol. The first-order chi connectivity index (χ1) is 13.6. The summed E-state index contributed by atoms with van der Waals surface area (Å²) in [5, 5.41) is 12.6. The highest BCUT2D eigenvalue weighted by Crippen LogP contribution is 2.23. The largest absolute Gasteiger partial charge is 0.339 e. The van der Waals surface area contributed by atoms with Crippen LogP contribution in [0.25, 0.3) is 0 Å². The van der Waals surface area contributed by atoms with Gasteiger partial charge in [0.15, 0.2) is 0 Å². The maximum atomic E-state index is 13.0.